The van der Waals surface area contributed by atoms with Crippen LogP contribution in [-0.4, -0.2) is 21.2 Å². The van der Waals surface area contributed by atoms with Gasteiger partial charge < -0.3 is 5.32 Å². The predicted octanol–water partition coefficient (Wildman–Crippen LogP) is 3.49. The molecule has 1 N–H and O–H groups in total. The van der Waals surface area contributed by atoms with Crippen LogP contribution in [0.1, 0.15) is 6.92 Å². The summed E-state index contributed by atoms with van der Waals surface area (Å²) in [6.45, 7) is 2.25. The fourth-order valence-electron chi connectivity index (χ4n) is 2.22. The van der Waals surface area contributed by atoms with Crippen molar-refractivity contribution in [1.29, 1.82) is 0 Å². The number of anilines is 1. The summed E-state index contributed by atoms with van der Waals surface area (Å²) in [5, 5.41) is 4.59. The Labute approximate surface area is 149 Å². The summed E-state index contributed by atoms with van der Waals surface area (Å²) in [6.07, 6.45) is 0. The average Bonchev–Trinajstić information content (AvgIpc) is 3.04. The van der Waals surface area contributed by atoms with Gasteiger partial charge in [-0.05, 0) is 30.5 Å². The van der Waals surface area contributed by atoms with E-state index >= 15 is 0 Å². The number of halogens is 2. The minimum Gasteiger partial charge on any atom is -0.323 e. The first kappa shape index (κ1) is 17.6. The third-order valence-electron chi connectivity index (χ3n) is 3.38. The van der Waals surface area contributed by atoms with Crippen molar-refractivity contribution in [1.82, 2.24) is 9.55 Å². The largest absolute Gasteiger partial charge is 0.323 e. The Balaban J connectivity index is 1.75. The van der Waals surface area contributed by atoms with Gasteiger partial charge in [-0.1, -0.05) is 11.8 Å². The maximum atomic E-state index is 13.6. The molecule has 2 heterocycles. The summed E-state index contributed by atoms with van der Waals surface area (Å²) in [4.78, 5) is 28.8. The van der Waals surface area contributed by atoms with Gasteiger partial charge in [-0.3, -0.25) is 14.2 Å². The predicted molar refractivity (Wildman–Crippen MR) is 95.3 cm³/mol. The van der Waals surface area contributed by atoms with E-state index in [-0.39, 0.29) is 17.0 Å². The van der Waals surface area contributed by atoms with Crippen molar-refractivity contribution in [2.45, 2.75) is 18.6 Å². The topological polar surface area (TPSA) is 64.0 Å². The van der Waals surface area contributed by atoms with E-state index < -0.39 is 17.5 Å². The number of nitrogens with zero attached hydrogens (tertiary/aromatic N) is 2. The highest BCUT2D eigenvalue weighted by Crippen LogP contribution is 2.21. The maximum Gasteiger partial charge on any atom is 0.272 e. The van der Waals surface area contributed by atoms with Crippen LogP contribution in [0, 0.1) is 11.6 Å². The molecule has 0 fully saturated rings. The van der Waals surface area contributed by atoms with Gasteiger partial charge >= 0.3 is 0 Å². The standard InChI is InChI=1S/C16H13F2N3O2S2/c1-2-21-15(23)14-12(5-6-24-14)20-16(21)25-8-13(22)19-11-4-3-9(17)7-10(11)18/h3-7H,2,8H2,1H3,(H,19,22). The highest BCUT2D eigenvalue weighted by atomic mass is 32.2. The zero-order valence-corrected chi connectivity index (χ0v) is 14.7. The summed E-state index contributed by atoms with van der Waals surface area (Å²) >= 11 is 2.41. The molecule has 0 saturated carbocycles. The maximum absolute atomic E-state index is 13.6. The molecule has 25 heavy (non-hydrogen) atoms. The zero-order chi connectivity index (χ0) is 18.0. The molecule has 0 aliphatic carbocycles. The van der Waals surface area contributed by atoms with Gasteiger partial charge in [0.2, 0.25) is 5.91 Å². The van der Waals surface area contributed by atoms with Gasteiger partial charge in [0.1, 0.15) is 16.3 Å². The number of amides is 1. The third-order valence-corrected chi connectivity index (χ3v) is 5.25. The highest BCUT2D eigenvalue weighted by Gasteiger charge is 2.14. The summed E-state index contributed by atoms with van der Waals surface area (Å²) in [6, 6.07) is 4.67. The molecule has 0 saturated heterocycles. The zero-order valence-electron chi connectivity index (χ0n) is 13.1. The number of carbonyl (C=O) groups is 1. The van der Waals surface area contributed by atoms with Crippen LogP contribution in [0.3, 0.4) is 0 Å². The SMILES string of the molecule is CCn1c(SCC(=O)Nc2ccc(F)cc2F)nc2ccsc2c1=O. The molecule has 9 heteroatoms. The van der Waals surface area contributed by atoms with E-state index in [2.05, 4.69) is 10.3 Å². The van der Waals surface area contributed by atoms with Crippen molar-refractivity contribution in [3.05, 3.63) is 51.6 Å². The fraction of sp³-hybridized carbons (Fsp3) is 0.188. The van der Waals surface area contributed by atoms with E-state index in [0.717, 1.165) is 23.9 Å². The van der Waals surface area contributed by atoms with E-state index in [4.69, 9.17) is 0 Å². The van der Waals surface area contributed by atoms with Crippen LogP contribution >= 0.6 is 23.1 Å². The van der Waals surface area contributed by atoms with E-state index in [1.54, 1.807) is 11.4 Å². The number of benzene rings is 1. The van der Waals surface area contributed by atoms with Gasteiger partial charge in [0.05, 0.1) is 17.0 Å². The van der Waals surface area contributed by atoms with Crippen molar-refractivity contribution in [3.8, 4) is 0 Å². The molecule has 0 aliphatic heterocycles. The van der Waals surface area contributed by atoms with Crippen LogP contribution in [0.15, 0.2) is 39.6 Å². The van der Waals surface area contributed by atoms with Crippen molar-refractivity contribution in [2.75, 3.05) is 11.1 Å². The monoisotopic (exact) mass is 381 g/mol. The molecule has 3 rings (SSSR count). The van der Waals surface area contributed by atoms with Crippen molar-refractivity contribution in [2.24, 2.45) is 0 Å². The number of rotatable bonds is 5. The molecule has 1 amide bonds. The van der Waals surface area contributed by atoms with Crippen LogP contribution < -0.4 is 10.9 Å². The Kier molecular flexibility index (Phi) is 5.14. The van der Waals surface area contributed by atoms with Gasteiger partial charge in [-0.25, -0.2) is 13.8 Å². The molecule has 130 valence electrons. The van der Waals surface area contributed by atoms with Crippen molar-refractivity contribution in [3.63, 3.8) is 0 Å². The van der Waals surface area contributed by atoms with Gasteiger partial charge in [0, 0.05) is 12.6 Å². The second kappa shape index (κ2) is 7.32. The molecular weight excluding hydrogens is 368 g/mol. The fourth-order valence-corrected chi connectivity index (χ4v) is 3.86. The second-order valence-electron chi connectivity index (χ2n) is 5.04. The number of thiophene rings is 1. The minimum absolute atomic E-state index is 0.0566. The number of carbonyl (C=O) groups excluding carboxylic acids is 1. The molecule has 1 aromatic carbocycles. The van der Waals surface area contributed by atoms with Crippen LogP contribution in [-0.2, 0) is 11.3 Å². The van der Waals surface area contributed by atoms with Crippen LogP contribution in [0.2, 0.25) is 0 Å². The number of nitrogens with one attached hydrogen (secondary N) is 1. The van der Waals surface area contributed by atoms with E-state index in [0.29, 0.717) is 28.0 Å². The highest BCUT2D eigenvalue weighted by molar-refractivity contribution is 7.99. The second-order valence-corrected chi connectivity index (χ2v) is 6.90. The lowest BCUT2D eigenvalue weighted by Gasteiger charge is -2.10. The quantitative estimate of drug-likeness (QED) is 0.543. The summed E-state index contributed by atoms with van der Waals surface area (Å²) < 4.78 is 28.5. The molecule has 0 unspecified atom stereocenters. The molecule has 0 atom stereocenters. The molecule has 0 bridgehead atoms. The Hall–Kier alpha value is -2.26. The van der Waals surface area contributed by atoms with E-state index in [9.17, 15) is 18.4 Å². The smallest absolute Gasteiger partial charge is 0.272 e. The normalized spacial score (nSPS) is 11.0. The number of aromatic nitrogens is 2. The van der Waals surface area contributed by atoms with Crippen molar-refractivity contribution < 1.29 is 13.6 Å². The molecule has 2 aromatic heterocycles. The Morgan fingerprint density at radius 1 is 1.36 bits per heavy atom. The molecule has 3 aromatic rings. The number of thioether (sulfide) groups is 1. The van der Waals surface area contributed by atoms with Gasteiger partial charge in [-0.15, -0.1) is 11.3 Å². The third kappa shape index (κ3) is 3.72. The summed E-state index contributed by atoms with van der Waals surface area (Å²) in [5.74, 6) is -2.09. The van der Waals surface area contributed by atoms with Crippen LogP contribution in [0.25, 0.3) is 10.2 Å². The van der Waals surface area contributed by atoms with Gasteiger partial charge in [0.15, 0.2) is 5.16 Å². The Morgan fingerprint density at radius 2 is 2.16 bits per heavy atom. The Bertz CT molecular complexity index is 1000. The van der Waals surface area contributed by atoms with E-state index in [1.807, 2.05) is 6.92 Å². The van der Waals surface area contributed by atoms with Crippen LogP contribution in [0.4, 0.5) is 14.5 Å². The molecule has 5 nitrogen and oxygen atoms in total. The van der Waals surface area contributed by atoms with E-state index in [1.165, 1.54) is 15.9 Å². The lowest BCUT2D eigenvalue weighted by molar-refractivity contribution is -0.113. The summed E-state index contributed by atoms with van der Waals surface area (Å²) in [5.41, 5.74) is 0.350. The molecular formula is C16H13F2N3O2S2. The summed E-state index contributed by atoms with van der Waals surface area (Å²) in [7, 11) is 0. The number of hydrogen-bond donors (Lipinski definition) is 1. The first-order valence-corrected chi connectivity index (χ1v) is 9.22. The first-order chi connectivity index (χ1) is 12.0. The minimum atomic E-state index is -0.846. The molecule has 0 aliphatic rings. The van der Waals surface area contributed by atoms with Crippen LogP contribution in [0.5, 0.6) is 0 Å². The lowest BCUT2D eigenvalue weighted by atomic mass is 10.3. The first-order valence-electron chi connectivity index (χ1n) is 7.35. The Morgan fingerprint density at radius 3 is 2.88 bits per heavy atom. The lowest BCUT2D eigenvalue weighted by Crippen LogP contribution is -2.22. The number of fused-ring (bicyclic) bond motifs is 1. The number of hydrogen-bond acceptors (Lipinski definition) is 5. The average molecular weight is 381 g/mol. The van der Waals surface area contributed by atoms with Crippen molar-refractivity contribution >= 4 is 44.9 Å². The molecule has 0 radical (unpaired) electrons. The van der Waals surface area contributed by atoms with Gasteiger partial charge in [-0.2, -0.15) is 0 Å². The van der Waals surface area contributed by atoms with Gasteiger partial charge in [0.25, 0.3) is 5.56 Å². The molecule has 0 spiro atoms.